The molecule has 2 N–H and O–H groups in total. The maximum Gasteiger partial charge on any atom is 0.320 e. The van der Waals surface area contributed by atoms with Gasteiger partial charge in [0.1, 0.15) is 18.2 Å². The highest BCUT2D eigenvalue weighted by atomic mass is 16.5. The van der Waals surface area contributed by atoms with Crippen molar-refractivity contribution in [1.29, 1.82) is 10.5 Å². The van der Waals surface area contributed by atoms with E-state index in [2.05, 4.69) is 67.8 Å². The van der Waals surface area contributed by atoms with E-state index >= 15 is 0 Å². The zero-order valence-corrected chi connectivity index (χ0v) is 39.6. The quantitative estimate of drug-likeness (QED) is 0.132. The molecule has 67 heavy (non-hydrogen) atoms. The van der Waals surface area contributed by atoms with Crippen molar-refractivity contribution < 1.29 is 19.7 Å². The summed E-state index contributed by atoms with van der Waals surface area (Å²) in [5.41, 5.74) is 1.68. The molecule has 2 saturated heterocycles. The van der Waals surface area contributed by atoms with Crippen LogP contribution in [0, 0.1) is 46.3 Å². The molecule has 6 heterocycles. The number of methoxy groups -OCH3 is 1. The molecule has 6 aromatic rings. The van der Waals surface area contributed by atoms with E-state index in [0.717, 1.165) is 82.8 Å². The summed E-state index contributed by atoms with van der Waals surface area (Å²) in [4.78, 5) is 24.0. The summed E-state index contributed by atoms with van der Waals surface area (Å²) in [6.45, 7) is 14.8. The van der Waals surface area contributed by atoms with Gasteiger partial charge in [0.2, 0.25) is 0 Å². The van der Waals surface area contributed by atoms with Gasteiger partial charge in [0.15, 0.2) is 17.5 Å². The number of fused-ring (bicyclic) bond motifs is 2. The molecule has 2 aromatic carbocycles. The first-order valence-corrected chi connectivity index (χ1v) is 23.7. The fourth-order valence-corrected chi connectivity index (χ4v) is 10.6. The zero-order valence-electron chi connectivity index (χ0n) is 39.6. The molecule has 2 aliphatic carbocycles. The van der Waals surface area contributed by atoms with Crippen LogP contribution in [0.25, 0.3) is 33.4 Å². The molecular formula is C51H60N12O4. The summed E-state index contributed by atoms with van der Waals surface area (Å²) in [6.07, 6.45) is 8.84. The van der Waals surface area contributed by atoms with Crippen LogP contribution in [0.2, 0.25) is 0 Å². The lowest BCUT2D eigenvalue weighted by molar-refractivity contribution is -0.0507. The fourth-order valence-electron chi connectivity index (χ4n) is 10.6. The summed E-state index contributed by atoms with van der Waals surface area (Å²) in [5.74, 6) is 2.95. The molecule has 16 heteroatoms. The van der Waals surface area contributed by atoms with Crippen molar-refractivity contribution in [2.24, 2.45) is 23.7 Å². The van der Waals surface area contributed by atoms with E-state index < -0.39 is 22.0 Å². The first-order valence-electron chi connectivity index (χ1n) is 23.7. The second kappa shape index (κ2) is 16.5. The van der Waals surface area contributed by atoms with E-state index in [1.165, 1.54) is 0 Å². The molecule has 4 aliphatic rings. The molecule has 0 bridgehead atoms. The van der Waals surface area contributed by atoms with Gasteiger partial charge in [-0.05, 0) is 81.2 Å². The first-order chi connectivity index (χ1) is 32.1. The number of hydrogen-bond donors (Lipinski definition) is 2. The Kier molecular flexibility index (Phi) is 11.0. The van der Waals surface area contributed by atoms with E-state index in [0.29, 0.717) is 49.5 Å². The number of nitriles is 2. The minimum atomic E-state index is -0.821. The molecule has 2 aliphatic heterocycles. The molecular weight excluding hydrogens is 845 g/mol. The van der Waals surface area contributed by atoms with Crippen LogP contribution >= 0.6 is 0 Å². The van der Waals surface area contributed by atoms with Crippen LogP contribution in [-0.4, -0.2) is 94.2 Å². The van der Waals surface area contributed by atoms with Gasteiger partial charge in [0, 0.05) is 72.8 Å². The fraction of sp³-hybridized carbons (Fsp3) is 0.529. The second-order valence-electron chi connectivity index (χ2n) is 20.5. The van der Waals surface area contributed by atoms with Gasteiger partial charge in [-0.1, -0.05) is 45.9 Å². The molecule has 0 spiro atoms. The average Bonchev–Trinajstić information content (AvgIpc) is 3.92. The summed E-state index contributed by atoms with van der Waals surface area (Å²) in [5, 5.41) is 54.7. The van der Waals surface area contributed by atoms with Crippen LogP contribution in [0.5, 0.6) is 6.01 Å². The van der Waals surface area contributed by atoms with Gasteiger partial charge in [-0.15, -0.1) is 0 Å². The third-order valence-electron chi connectivity index (χ3n) is 16.4. The molecule has 10 rings (SSSR count). The van der Waals surface area contributed by atoms with Gasteiger partial charge >= 0.3 is 6.01 Å². The number of aromatic nitrogens is 8. The molecule has 0 amide bonds. The van der Waals surface area contributed by atoms with Gasteiger partial charge in [0.05, 0.1) is 71.3 Å². The van der Waals surface area contributed by atoms with Crippen molar-refractivity contribution >= 4 is 33.4 Å². The monoisotopic (exact) mass is 904 g/mol. The largest absolute Gasteiger partial charge is 0.467 e. The number of hydrogen-bond acceptors (Lipinski definition) is 14. The molecule has 0 radical (unpaired) electrons. The average molecular weight is 905 g/mol. The van der Waals surface area contributed by atoms with Gasteiger partial charge < -0.3 is 29.5 Å². The van der Waals surface area contributed by atoms with Gasteiger partial charge in [0.25, 0.3) is 0 Å². The van der Waals surface area contributed by atoms with Crippen LogP contribution in [0.15, 0.2) is 54.9 Å². The van der Waals surface area contributed by atoms with Crippen LogP contribution in [0.1, 0.15) is 103 Å². The Balaban J connectivity index is 1.00. The van der Waals surface area contributed by atoms with Gasteiger partial charge in [-0.3, -0.25) is 0 Å². The molecule has 6 atom stereocenters. The first kappa shape index (κ1) is 44.6. The summed E-state index contributed by atoms with van der Waals surface area (Å²) in [7, 11) is 1.55. The molecule has 2 unspecified atom stereocenters. The molecule has 2 saturated carbocycles. The third-order valence-corrected chi connectivity index (χ3v) is 16.4. The second-order valence-corrected chi connectivity index (χ2v) is 20.5. The minimum Gasteiger partial charge on any atom is -0.467 e. The SMILES string of the molecule is COc1nc(N2C[C@@H](C)C(C)(O)[C@@H](C)C2)cc(-n2ncc3c(COCc4nc(N5C[C@@H](C)C(C)(O)[C@@H](C)C5)cc(-n5ncc6ccc(C7(C#N)CCC7)cc65)n4)cc(C4(C#N)CCC4)cc32)n1. The Labute approximate surface area is 391 Å². The van der Waals surface area contributed by atoms with E-state index in [9.17, 15) is 20.7 Å². The summed E-state index contributed by atoms with van der Waals surface area (Å²) >= 11 is 0. The number of aliphatic hydroxyl groups is 2. The van der Waals surface area contributed by atoms with Crippen LogP contribution in [-0.2, 0) is 28.8 Å². The van der Waals surface area contributed by atoms with Crippen LogP contribution < -0.4 is 14.5 Å². The van der Waals surface area contributed by atoms with Crippen molar-refractivity contribution in [2.75, 3.05) is 43.1 Å². The standard InChI is InChI=1S/C51H60N12O4/c1-31-23-60(24-32(2)48(31,5)64)43-19-45(62-40-17-37(11-10-35(40)21-54-62)50(29-52)12-8-13-50)57-42(56-43)28-67-27-36-16-38(51(30-53)14-9-15-51)18-41-39(36)22-55-63(41)46-20-44(58-47(59-46)66-7)61-25-33(3)49(6,65)34(4)26-61/h10-11,16-22,31-34,64-65H,8-9,12-15,23-28H2,1-7H3/t31-,32+,33-,34+,48?,49?. The lowest BCUT2D eigenvalue weighted by Crippen LogP contribution is -2.55. The Bertz CT molecular complexity index is 2930. The predicted molar refractivity (Wildman–Crippen MR) is 253 cm³/mol. The van der Waals surface area contributed by atoms with E-state index in [1.807, 2.05) is 55.2 Å². The Morgan fingerprint density at radius 1 is 0.642 bits per heavy atom. The lowest BCUT2D eigenvalue weighted by Gasteiger charge is -2.46. The number of nitrogens with zero attached hydrogens (tertiary/aromatic N) is 12. The Morgan fingerprint density at radius 2 is 1.15 bits per heavy atom. The maximum atomic E-state index is 11.3. The Hall–Kier alpha value is -6.20. The van der Waals surface area contributed by atoms with Crippen LogP contribution in [0.3, 0.4) is 0 Å². The molecule has 4 fully saturated rings. The molecule has 4 aromatic heterocycles. The number of rotatable bonds is 11. The van der Waals surface area contributed by atoms with Gasteiger partial charge in [-0.2, -0.15) is 30.7 Å². The summed E-state index contributed by atoms with van der Waals surface area (Å²) < 4.78 is 15.8. The number of piperidine rings is 2. The summed E-state index contributed by atoms with van der Waals surface area (Å²) in [6, 6.07) is 19.6. The highest BCUT2D eigenvalue weighted by molar-refractivity contribution is 5.85. The van der Waals surface area contributed by atoms with E-state index in [4.69, 9.17) is 39.6 Å². The minimum absolute atomic E-state index is 0.00327. The smallest absolute Gasteiger partial charge is 0.320 e. The van der Waals surface area contributed by atoms with E-state index in [-0.39, 0.29) is 42.9 Å². The third kappa shape index (κ3) is 7.54. The van der Waals surface area contributed by atoms with Crippen molar-refractivity contribution in [2.45, 2.75) is 115 Å². The molecule has 16 nitrogen and oxygen atoms in total. The number of benzene rings is 2. The van der Waals surface area contributed by atoms with Crippen LogP contribution in [0.4, 0.5) is 11.6 Å². The number of anilines is 2. The topological polar surface area (TPSA) is 200 Å². The molecule has 348 valence electrons. The highest BCUT2D eigenvalue weighted by Gasteiger charge is 2.44. The van der Waals surface area contributed by atoms with E-state index in [1.54, 1.807) is 11.8 Å². The van der Waals surface area contributed by atoms with Crippen molar-refractivity contribution in [3.05, 3.63) is 77.4 Å². The van der Waals surface area contributed by atoms with Gasteiger partial charge in [-0.25, -0.2) is 19.3 Å². The maximum absolute atomic E-state index is 11.3. The number of ether oxygens (including phenoxy) is 2. The lowest BCUT2D eigenvalue weighted by atomic mass is 9.65. The highest BCUT2D eigenvalue weighted by Crippen LogP contribution is 2.46. The van der Waals surface area contributed by atoms with Crippen molar-refractivity contribution in [3.63, 3.8) is 0 Å². The van der Waals surface area contributed by atoms with Crippen molar-refractivity contribution in [3.8, 4) is 29.8 Å². The van der Waals surface area contributed by atoms with Crippen molar-refractivity contribution in [1.82, 2.24) is 39.5 Å². The Morgan fingerprint density at radius 3 is 1.72 bits per heavy atom. The predicted octanol–water partition coefficient (Wildman–Crippen LogP) is 7.25. The zero-order chi connectivity index (χ0) is 47.0. The normalized spacial score (nSPS) is 26.7.